The van der Waals surface area contributed by atoms with Crippen LogP contribution in [0, 0.1) is 0 Å². The van der Waals surface area contributed by atoms with Crippen LogP contribution >= 0.6 is 0 Å². The van der Waals surface area contributed by atoms with E-state index in [1.54, 1.807) is 20.1 Å². The lowest BCUT2D eigenvalue weighted by atomic mass is 9.98. The van der Waals surface area contributed by atoms with Crippen LogP contribution in [0.25, 0.3) is 6.08 Å². The molecular formula is C19H24O4. The lowest BCUT2D eigenvalue weighted by Crippen LogP contribution is -2.27. The Labute approximate surface area is 137 Å². The maximum atomic E-state index is 12.0. The number of benzene rings is 1. The average molecular weight is 316 g/mol. The minimum absolute atomic E-state index is 0.326. The van der Waals surface area contributed by atoms with Crippen molar-refractivity contribution < 1.29 is 19.0 Å². The molecule has 0 spiro atoms. The smallest absolute Gasteiger partial charge is 0.333 e. The van der Waals surface area contributed by atoms with Crippen LogP contribution in [0.4, 0.5) is 0 Å². The Bertz CT molecular complexity index is 668. The van der Waals surface area contributed by atoms with E-state index >= 15 is 0 Å². The van der Waals surface area contributed by atoms with Crippen LogP contribution in [0.5, 0.6) is 11.5 Å². The molecule has 124 valence electrons. The number of ether oxygens (including phenoxy) is 3. The molecule has 0 fully saturated rings. The summed E-state index contributed by atoms with van der Waals surface area (Å²) in [5, 5.41) is 0. The summed E-state index contributed by atoms with van der Waals surface area (Å²) < 4.78 is 16.9. The van der Waals surface area contributed by atoms with Crippen LogP contribution < -0.4 is 9.47 Å². The Morgan fingerprint density at radius 2 is 2.04 bits per heavy atom. The molecular weight excluding hydrogens is 292 g/mol. The van der Waals surface area contributed by atoms with Crippen molar-refractivity contribution >= 4 is 12.0 Å². The standard InChI is InChI=1S/C19H24O4/c1-7-12(2)18(20)22-13(3)15-10-14-8-9-19(4,5)23-16(14)11-17(15)21-6/h7-11,13H,1-6H3/t13-/m0/s1. The van der Waals surface area contributed by atoms with E-state index in [0.717, 1.165) is 16.9 Å². The summed E-state index contributed by atoms with van der Waals surface area (Å²) in [6.45, 7) is 9.37. The summed E-state index contributed by atoms with van der Waals surface area (Å²) in [5.74, 6) is 1.09. The van der Waals surface area contributed by atoms with Crippen molar-refractivity contribution in [2.75, 3.05) is 7.11 Å². The highest BCUT2D eigenvalue weighted by Crippen LogP contribution is 2.39. The fourth-order valence-corrected chi connectivity index (χ4v) is 2.35. The zero-order valence-corrected chi connectivity index (χ0v) is 14.6. The van der Waals surface area contributed by atoms with Crippen molar-refractivity contribution in [2.24, 2.45) is 0 Å². The first-order chi connectivity index (χ1) is 10.8. The quantitative estimate of drug-likeness (QED) is 0.608. The average Bonchev–Trinajstić information content (AvgIpc) is 2.51. The predicted molar refractivity (Wildman–Crippen MR) is 90.7 cm³/mol. The minimum Gasteiger partial charge on any atom is -0.496 e. The molecule has 1 atom stereocenters. The first kappa shape index (κ1) is 17.1. The molecule has 1 heterocycles. The van der Waals surface area contributed by atoms with Crippen molar-refractivity contribution in [3.63, 3.8) is 0 Å². The number of methoxy groups -OCH3 is 1. The SMILES string of the molecule is CC=C(C)C(=O)O[C@@H](C)c1cc2c(cc1OC)OC(C)(C)C=C2. The number of hydrogen-bond donors (Lipinski definition) is 0. The Morgan fingerprint density at radius 1 is 1.35 bits per heavy atom. The molecule has 0 saturated heterocycles. The Morgan fingerprint density at radius 3 is 2.65 bits per heavy atom. The molecule has 0 N–H and O–H groups in total. The van der Waals surface area contributed by atoms with E-state index in [1.165, 1.54) is 0 Å². The van der Waals surface area contributed by atoms with E-state index < -0.39 is 6.10 Å². The fourth-order valence-electron chi connectivity index (χ4n) is 2.35. The van der Waals surface area contributed by atoms with Gasteiger partial charge in [0.2, 0.25) is 0 Å². The van der Waals surface area contributed by atoms with Gasteiger partial charge >= 0.3 is 5.97 Å². The van der Waals surface area contributed by atoms with E-state index in [9.17, 15) is 4.79 Å². The molecule has 1 aliphatic heterocycles. The van der Waals surface area contributed by atoms with Crippen LogP contribution in [-0.4, -0.2) is 18.7 Å². The van der Waals surface area contributed by atoms with Gasteiger partial charge in [0.15, 0.2) is 0 Å². The largest absolute Gasteiger partial charge is 0.496 e. The number of allylic oxidation sites excluding steroid dienone is 1. The van der Waals surface area contributed by atoms with Gasteiger partial charge in [-0.15, -0.1) is 0 Å². The summed E-state index contributed by atoms with van der Waals surface area (Å²) in [7, 11) is 1.60. The summed E-state index contributed by atoms with van der Waals surface area (Å²) in [6, 6.07) is 3.80. The van der Waals surface area contributed by atoms with Crippen molar-refractivity contribution in [1.82, 2.24) is 0 Å². The molecule has 0 aliphatic carbocycles. The molecule has 1 aromatic rings. The van der Waals surface area contributed by atoms with Crippen LogP contribution in [0.2, 0.25) is 0 Å². The second-order valence-corrected chi connectivity index (χ2v) is 6.19. The number of rotatable bonds is 4. The first-order valence-corrected chi connectivity index (χ1v) is 7.71. The zero-order valence-electron chi connectivity index (χ0n) is 14.6. The van der Waals surface area contributed by atoms with E-state index in [1.807, 2.05) is 52.0 Å². The van der Waals surface area contributed by atoms with Crippen LogP contribution in [0.15, 0.2) is 29.9 Å². The third-order valence-corrected chi connectivity index (χ3v) is 3.88. The van der Waals surface area contributed by atoms with Crippen LogP contribution in [-0.2, 0) is 9.53 Å². The molecule has 0 saturated carbocycles. The summed E-state index contributed by atoms with van der Waals surface area (Å²) in [4.78, 5) is 12.0. The summed E-state index contributed by atoms with van der Waals surface area (Å²) in [5.41, 5.74) is 2.00. The molecule has 0 radical (unpaired) electrons. The van der Waals surface area contributed by atoms with Gasteiger partial charge < -0.3 is 14.2 Å². The lowest BCUT2D eigenvalue weighted by Gasteiger charge is -2.29. The third kappa shape index (κ3) is 3.76. The summed E-state index contributed by atoms with van der Waals surface area (Å²) in [6.07, 6.45) is 5.35. The normalized spacial score (nSPS) is 17.0. The highest BCUT2D eigenvalue weighted by Gasteiger charge is 2.25. The van der Waals surface area contributed by atoms with Gasteiger partial charge in [0.05, 0.1) is 7.11 Å². The zero-order chi connectivity index (χ0) is 17.2. The fraction of sp³-hybridized carbons (Fsp3) is 0.421. The van der Waals surface area contributed by atoms with Gasteiger partial charge in [0, 0.05) is 22.8 Å². The second kappa shape index (κ2) is 6.49. The van der Waals surface area contributed by atoms with E-state index in [2.05, 4.69) is 0 Å². The third-order valence-electron chi connectivity index (χ3n) is 3.88. The number of fused-ring (bicyclic) bond motifs is 1. The molecule has 1 aromatic carbocycles. The van der Waals surface area contributed by atoms with E-state index in [0.29, 0.717) is 11.3 Å². The molecule has 0 unspecified atom stereocenters. The lowest BCUT2D eigenvalue weighted by molar-refractivity contribution is -0.143. The number of carbonyl (C=O) groups is 1. The number of hydrogen-bond acceptors (Lipinski definition) is 4. The Hall–Kier alpha value is -2.23. The van der Waals surface area contributed by atoms with Gasteiger partial charge in [0.1, 0.15) is 23.2 Å². The van der Waals surface area contributed by atoms with Gasteiger partial charge in [-0.3, -0.25) is 0 Å². The van der Waals surface area contributed by atoms with Crippen LogP contribution in [0.1, 0.15) is 51.8 Å². The van der Waals surface area contributed by atoms with E-state index in [-0.39, 0.29) is 11.6 Å². The van der Waals surface area contributed by atoms with Crippen molar-refractivity contribution in [1.29, 1.82) is 0 Å². The predicted octanol–water partition coefficient (Wildman–Crippen LogP) is 4.45. The minimum atomic E-state index is -0.416. The summed E-state index contributed by atoms with van der Waals surface area (Å²) >= 11 is 0. The molecule has 2 rings (SSSR count). The van der Waals surface area contributed by atoms with E-state index in [4.69, 9.17) is 14.2 Å². The van der Waals surface area contributed by atoms with Gasteiger partial charge in [0.25, 0.3) is 0 Å². The number of carbonyl (C=O) groups excluding carboxylic acids is 1. The molecule has 23 heavy (non-hydrogen) atoms. The van der Waals surface area contributed by atoms with Crippen molar-refractivity contribution in [2.45, 2.75) is 46.3 Å². The second-order valence-electron chi connectivity index (χ2n) is 6.19. The van der Waals surface area contributed by atoms with Crippen molar-refractivity contribution in [3.8, 4) is 11.5 Å². The van der Waals surface area contributed by atoms with Gasteiger partial charge in [-0.25, -0.2) is 4.79 Å². The van der Waals surface area contributed by atoms with Crippen molar-refractivity contribution in [3.05, 3.63) is 41.0 Å². The highest BCUT2D eigenvalue weighted by molar-refractivity contribution is 5.87. The molecule has 0 aromatic heterocycles. The maximum Gasteiger partial charge on any atom is 0.333 e. The van der Waals surface area contributed by atoms with Crippen LogP contribution in [0.3, 0.4) is 0 Å². The molecule has 4 heteroatoms. The van der Waals surface area contributed by atoms with Gasteiger partial charge in [-0.2, -0.15) is 0 Å². The maximum absolute atomic E-state index is 12.0. The monoisotopic (exact) mass is 316 g/mol. The first-order valence-electron chi connectivity index (χ1n) is 7.71. The van der Waals surface area contributed by atoms with Gasteiger partial charge in [-0.1, -0.05) is 12.2 Å². The molecule has 4 nitrogen and oxygen atoms in total. The number of esters is 1. The van der Waals surface area contributed by atoms with Gasteiger partial charge in [-0.05, 0) is 46.8 Å². The molecule has 1 aliphatic rings. The Balaban J connectivity index is 2.34. The molecule has 0 bridgehead atoms. The highest BCUT2D eigenvalue weighted by atomic mass is 16.5. The molecule has 0 amide bonds. The Kier molecular flexibility index (Phi) is 4.83. The topological polar surface area (TPSA) is 44.8 Å².